The number of amides is 1. The molecule has 0 aromatic heterocycles. The third-order valence-corrected chi connectivity index (χ3v) is 2.17. The second-order valence-corrected chi connectivity index (χ2v) is 3.55. The van der Waals surface area contributed by atoms with Crippen LogP contribution in [0.4, 0.5) is 23.7 Å². The molecule has 0 aliphatic heterocycles. The first-order valence-electron chi connectivity index (χ1n) is 4.61. The standard InChI is InChI=1S/C10H11F3N2O2/c1-15(9(16)17)5-6-2-3-7(14)4-8(6)10(11,12)13/h2-4H,5,14H2,1H3,(H,16,17). The van der Waals surface area contributed by atoms with E-state index < -0.39 is 17.8 Å². The Morgan fingerprint density at radius 1 is 1.47 bits per heavy atom. The molecule has 94 valence electrons. The van der Waals surface area contributed by atoms with Crippen LogP contribution in [0.5, 0.6) is 0 Å². The van der Waals surface area contributed by atoms with Crippen molar-refractivity contribution in [1.82, 2.24) is 4.90 Å². The molecule has 0 aliphatic carbocycles. The van der Waals surface area contributed by atoms with Crippen molar-refractivity contribution >= 4 is 11.8 Å². The number of nitrogens with zero attached hydrogens (tertiary/aromatic N) is 1. The molecule has 0 aliphatic rings. The van der Waals surface area contributed by atoms with Gasteiger partial charge in [-0.05, 0) is 17.7 Å². The molecule has 4 nitrogen and oxygen atoms in total. The molecule has 0 unspecified atom stereocenters. The molecule has 1 amide bonds. The minimum atomic E-state index is -4.55. The molecule has 7 heteroatoms. The fraction of sp³-hybridized carbons (Fsp3) is 0.300. The zero-order chi connectivity index (χ0) is 13.2. The van der Waals surface area contributed by atoms with Gasteiger partial charge in [-0.3, -0.25) is 0 Å². The fourth-order valence-electron chi connectivity index (χ4n) is 1.32. The van der Waals surface area contributed by atoms with Crippen molar-refractivity contribution in [2.24, 2.45) is 0 Å². The maximum absolute atomic E-state index is 12.7. The van der Waals surface area contributed by atoms with Gasteiger partial charge in [0.05, 0.1) is 5.56 Å². The number of rotatable bonds is 2. The zero-order valence-corrected chi connectivity index (χ0v) is 8.95. The van der Waals surface area contributed by atoms with Gasteiger partial charge in [-0.2, -0.15) is 13.2 Å². The second kappa shape index (κ2) is 4.52. The molecule has 3 N–H and O–H groups in total. The number of nitrogens with two attached hydrogens (primary N) is 1. The SMILES string of the molecule is CN(Cc1ccc(N)cc1C(F)(F)F)C(=O)O. The molecule has 0 spiro atoms. The molecule has 1 aromatic rings. The highest BCUT2D eigenvalue weighted by Gasteiger charge is 2.33. The maximum Gasteiger partial charge on any atom is 0.416 e. The number of halogens is 3. The molecule has 0 fully saturated rings. The Hall–Kier alpha value is -1.92. The van der Waals surface area contributed by atoms with E-state index in [1.54, 1.807) is 0 Å². The summed E-state index contributed by atoms with van der Waals surface area (Å²) in [7, 11) is 1.19. The van der Waals surface area contributed by atoms with Crippen LogP contribution in [0.3, 0.4) is 0 Å². The molecular weight excluding hydrogens is 237 g/mol. The lowest BCUT2D eigenvalue weighted by Crippen LogP contribution is -2.25. The summed E-state index contributed by atoms with van der Waals surface area (Å²) in [4.78, 5) is 11.3. The molecule has 0 saturated heterocycles. The Morgan fingerprint density at radius 2 is 2.06 bits per heavy atom. The van der Waals surface area contributed by atoms with Crippen LogP contribution in [0.15, 0.2) is 18.2 Å². The molecule has 0 radical (unpaired) electrons. The average Bonchev–Trinajstić information content (AvgIpc) is 2.18. The summed E-state index contributed by atoms with van der Waals surface area (Å²) in [6, 6.07) is 3.28. The number of benzene rings is 1. The van der Waals surface area contributed by atoms with E-state index >= 15 is 0 Å². The summed E-state index contributed by atoms with van der Waals surface area (Å²) >= 11 is 0. The Bertz CT molecular complexity index is 432. The van der Waals surface area contributed by atoms with Gasteiger partial charge in [-0.15, -0.1) is 0 Å². The van der Waals surface area contributed by atoms with Gasteiger partial charge in [-0.1, -0.05) is 6.07 Å². The van der Waals surface area contributed by atoms with Crippen molar-refractivity contribution in [3.8, 4) is 0 Å². The maximum atomic E-state index is 12.7. The molecule has 0 bridgehead atoms. The summed E-state index contributed by atoms with van der Waals surface area (Å²) in [6.07, 6.45) is -5.85. The number of hydrogen-bond acceptors (Lipinski definition) is 2. The van der Waals surface area contributed by atoms with Gasteiger partial charge < -0.3 is 15.7 Å². The van der Waals surface area contributed by atoms with Crippen LogP contribution in [-0.4, -0.2) is 23.1 Å². The second-order valence-electron chi connectivity index (χ2n) is 3.55. The van der Waals surface area contributed by atoms with Gasteiger partial charge in [0.1, 0.15) is 0 Å². The quantitative estimate of drug-likeness (QED) is 0.790. The highest BCUT2D eigenvalue weighted by Crippen LogP contribution is 2.33. The Kier molecular flexibility index (Phi) is 3.50. The third-order valence-electron chi connectivity index (χ3n) is 2.17. The van der Waals surface area contributed by atoms with Crippen LogP contribution in [0.2, 0.25) is 0 Å². The van der Waals surface area contributed by atoms with Gasteiger partial charge in [0.25, 0.3) is 0 Å². The van der Waals surface area contributed by atoms with E-state index in [0.717, 1.165) is 11.0 Å². The van der Waals surface area contributed by atoms with Crippen molar-refractivity contribution in [3.05, 3.63) is 29.3 Å². The molecule has 1 rings (SSSR count). The van der Waals surface area contributed by atoms with Gasteiger partial charge in [-0.25, -0.2) is 4.79 Å². The minimum absolute atomic E-state index is 0.0148. The van der Waals surface area contributed by atoms with Gasteiger partial charge >= 0.3 is 12.3 Å². The average molecular weight is 248 g/mol. The Labute approximate surface area is 95.4 Å². The third kappa shape index (κ3) is 3.27. The smallest absolute Gasteiger partial charge is 0.416 e. The van der Waals surface area contributed by atoms with Crippen LogP contribution >= 0.6 is 0 Å². The van der Waals surface area contributed by atoms with Crippen LogP contribution in [-0.2, 0) is 12.7 Å². The van der Waals surface area contributed by atoms with E-state index in [1.165, 1.54) is 19.2 Å². The fourth-order valence-corrected chi connectivity index (χ4v) is 1.32. The monoisotopic (exact) mass is 248 g/mol. The van der Waals surface area contributed by atoms with Crippen LogP contribution < -0.4 is 5.73 Å². The zero-order valence-electron chi connectivity index (χ0n) is 8.95. The predicted octanol–water partition coefficient (Wildman–Crippen LogP) is 2.40. The van der Waals surface area contributed by atoms with E-state index in [2.05, 4.69) is 0 Å². The topological polar surface area (TPSA) is 66.6 Å². The van der Waals surface area contributed by atoms with Crippen molar-refractivity contribution in [2.45, 2.75) is 12.7 Å². The van der Waals surface area contributed by atoms with Crippen molar-refractivity contribution < 1.29 is 23.1 Å². The Morgan fingerprint density at radius 3 is 2.53 bits per heavy atom. The van der Waals surface area contributed by atoms with Crippen LogP contribution in [0.1, 0.15) is 11.1 Å². The molecular formula is C10H11F3N2O2. The first kappa shape index (κ1) is 13.1. The number of carbonyl (C=O) groups is 1. The molecule has 0 atom stereocenters. The number of carboxylic acid groups (broad SMARTS) is 1. The van der Waals surface area contributed by atoms with E-state index in [4.69, 9.17) is 10.8 Å². The largest absolute Gasteiger partial charge is 0.465 e. The number of alkyl halides is 3. The van der Waals surface area contributed by atoms with Crippen LogP contribution in [0.25, 0.3) is 0 Å². The number of nitrogen functional groups attached to an aromatic ring is 1. The van der Waals surface area contributed by atoms with Crippen LogP contribution in [0, 0.1) is 0 Å². The van der Waals surface area contributed by atoms with Crippen molar-refractivity contribution in [1.29, 1.82) is 0 Å². The van der Waals surface area contributed by atoms with Gasteiger partial charge in [0, 0.05) is 19.3 Å². The normalized spacial score (nSPS) is 11.3. The summed E-state index contributed by atoms with van der Waals surface area (Å²) < 4.78 is 38.0. The summed E-state index contributed by atoms with van der Waals surface area (Å²) in [5.74, 6) is 0. The Balaban J connectivity index is 3.11. The first-order valence-corrected chi connectivity index (χ1v) is 4.61. The van der Waals surface area contributed by atoms with Crippen molar-refractivity contribution in [2.75, 3.05) is 12.8 Å². The van der Waals surface area contributed by atoms with E-state index in [9.17, 15) is 18.0 Å². The van der Waals surface area contributed by atoms with Gasteiger partial charge in [0.2, 0.25) is 0 Å². The molecule has 17 heavy (non-hydrogen) atoms. The lowest BCUT2D eigenvalue weighted by Gasteiger charge is -2.18. The minimum Gasteiger partial charge on any atom is -0.465 e. The number of hydrogen-bond donors (Lipinski definition) is 2. The lowest BCUT2D eigenvalue weighted by atomic mass is 10.1. The van der Waals surface area contributed by atoms with E-state index in [0.29, 0.717) is 0 Å². The summed E-state index contributed by atoms with van der Waals surface area (Å²) in [5.41, 5.74) is 4.23. The molecule has 1 aromatic carbocycles. The molecule has 0 saturated carbocycles. The summed E-state index contributed by atoms with van der Waals surface area (Å²) in [5, 5.41) is 8.61. The first-order chi connectivity index (χ1) is 7.71. The van der Waals surface area contributed by atoms with E-state index in [-0.39, 0.29) is 17.8 Å². The highest BCUT2D eigenvalue weighted by atomic mass is 19.4. The predicted molar refractivity (Wildman–Crippen MR) is 55.3 cm³/mol. The van der Waals surface area contributed by atoms with Gasteiger partial charge in [0.15, 0.2) is 0 Å². The summed E-state index contributed by atoms with van der Waals surface area (Å²) in [6.45, 7) is -0.343. The number of anilines is 1. The molecule has 0 heterocycles. The van der Waals surface area contributed by atoms with E-state index in [1.807, 2.05) is 0 Å². The van der Waals surface area contributed by atoms with Crippen molar-refractivity contribution in [3.63, 3.8) is 0 Å². The highest BCUT2D eigenvalue weighted by molar-refractivity contribution is 5.64. The lowest BCUT2D eigenvalue weighted by molar-refractivity contribution is -0.138.